The van der Waals surface area contributed by atoms with Crippen molar-refractivity contribution < 1.29 is 9.90 Å². The van der Waals surface area contributed by atoms with Crippen molar-refractivity contribution in [2.45, 2.75) is 122 Å². The van der Waals surface area contributed by atoms with Crippen LogP contribution in [0.2, 0.25) is 0 Å². The van der Waals surface area contributed by atoms with Crippen LogP contribution in [-0.2, 0) is 4.79 Å². The normalized spacial score (nSPS) is 39.7. The molecule has 242 valence electrons. The number of carbonyl (C=O) groups excluding carboxylic acids is 1. The number of nitrogens with zero attached hydrogens (tertiary/aromatic N) is 1. The molecule has 8 N–H and O–H groups in total. The summed E-state index contributed by atoms with van der Waals surface area (Å²) in [5.74, 6) is 2.34. The summed E-state index contributed by atoms with van der Waals surface area (Å²) in [7, 11) is 0. The molecule has 10 nitrogen and oxygen atoms in total. The Kier molecular flexibility index (Phi) is 12.0. The fourth-order valence-corrected chi connectivity index (χ4v) is 8.59. The van der Waals surface area contributed by atoms with Crippen LogP contribution in [0, 0.1) is 29.1 Å². The molecule has 2 saturated carbocycles. The van der Waals surface area contributed by atoms with Gasteiger partial charge in [0.15, 0.2) is 0 Å². The molecule has 10 heteroatoms. The van der Waals surface area contributed by atoms with Gasteiger partial charge < -0.3 is 26.4 Å². The lowest BCUT2D eigenvalue weighted by Gasteiger charge is -2.41. The van der Waals surface area contributed by atoms with Crippen molar-refractivity contribution >= 4 is 5.91 Å². The third kappa shape index (κ3) is 8.44. The van der Waals surface area contributed by atoms with Gasteiger partial charge in [0, 0.05) is 44.3 Å². The molecule has 3 aliphatic heterocycles. The second-order valence-corrected chi connectivity index (χ2v) is 14.8. The zero-order valence-electron chi connectivity index (χ0n) is 26.7. The van der Waals surface area contributed by atoms with E-state index < -0.39 is 0 Å². The van der Waals surface area contributed by atoms with E-state index in [0.29, 0.717) is 29.8 Å². The van der Waals surface area contributed by atoms with Crippen molar-refractivity contribution in [2.24, 2.45) is 29.1 Å². The maximum atomic E-state index is 13.2. The Balaban J connectivity index is 1.12. The van der Waals surface area contributed by atoms with Gasteiger partial charge in [-0.2, -0.15) is 0 Å². The molecule has 0 spiro atoms. The average molecular weight is 591 g/mol. The molecule has 5 aliphatic rings. The van der Waals surface area contributed by atoms with E-state index in [4.69, 9.17) is 0 Å². The van der Waals surface area contributed by atoms with Gasteiger partial charge >= 0.3 is 0 Å². The Labute approximate surface area is 255 Å². The number of nitrogens with one attached hydrogen (secondary N) is 7. The molecule has 5 fully saturated rings. The molecule has 1 amide bonds. The van der Waals surface area contributed by atoms with Crippen LogP contribution in [-0.4, -0.2) is 92.4 Å². The monoisotopic (exact) mass is 590 g/mol. The predicted octanol–water partition coefficient (Wildman–Crippen LogP) is 1.44. The lowest BCUT2D eigenvalue weighted by molar-refractivity contribution is -0.126. The van der Waals surface area contributed by atoms with E-state index in [0.717, 1.165) is 97.3 Å². The maximum absolute atomic E-state index is 13.2. The summed E-state index contributed by atoms with van der Waals surface area (Å²) in [6.07, 6.45) is 12.3. The van der Waals surface area contributed by atoms with Crippen molar-refractivity contribution in [2.75, 3.05) is 45.9 Å². The molecule has 2 aliphatic carbocycles. The summed E-state index contributed by atoms with van der Waals surface area (Å²) in [6.45, 7) is 13.5. The smallest absolute Gasteiger partial charge is 0.223 e. The standard InChI is InChI=1S/C32H62N8O2/c1-4-23-18-33-13-10-25(23)19-36-31(42)24-6-5-7-26(16-24)35-20-29-38-39-30(27-11-14-34-21-37-27)40(29)15-12-22-8-9-28(41)32(2,3)17-22/h22-30,33-35,37-39,41H,4-21H2,1-3H3,(H,36,42). The fourth-order valence-electron chi connectivity index (χ4n) is 8.59. The number of hydrogen-bond donors (Lipinski definition) is 8. The number of rotatable bonds is 11. The minimum atomic E-state index is -0.174. The molecule has 0 aromatic heterocycles. The number of hydrogen-bond acceptors (Lipinski definition) is 9. The van der Waals surface area contributed by atoms with Crippen molar-refractivity contribution in [3.8, 4) is 0 Å². The molecular formula is C32H62N8O2. The van der Waals surface area contributed by atoms with Gasteiger partial charge in [0.05, 0.1) is 18.4 Å². The zero-order valence-corrected chi connectivity index (χ0v) is 26.7. The van der Waals surface area contributed by atoms with Crippen LogP contribution in [0.15, 0.2) is 0 Å². The Morgan fingerprint density at radius 1 is 1.00 bits per heavy atom. The molecule has 0 bridgehead atoms. The van der Waals surface area contributed by atoms with Gasteiger partial charge in [-0.15, -0.1) is 0 Å². The van der Waals surface area contributed by atoms with E-state index in [2.05, 4.69) is 63.1 Å². The Morgan fingerprint density at radius 3 is 2.64 bits per heavy atom. The summed E-state index contributed by atoms with van der Waals surface area (Å²) < 4.78 is 0. The summed E-state index contributed by atoms with van der Waals surface area (Å²) in [5.41, 5.74) is 7.29. The molecule has 0 aromatic carbocycles. The van der Waals surface area contributed by atoms with Gasteiger partial charge in [0.2, 0.25) is 5.91 Å². The number of aliphatic hydroxyl groups excluding tert-OH is 1. The summed E-state index contributed by atoms with van der Waals surface area (Å²) in [6, 6.07) is 0.792. The number of carbonyl (C=O) groups is 1. The van der Waals surface area contributed by atoms with Gasteiger partial charge in [0.1, 0.15) is 0 Å². The highest BCUT2D eigenvalue weighted by molar-refractivity contribution is 5.78. The first-order chi connectivity index (χ1) is 20.3. The first-order valence-corrected chi connectivity index (χ1v) is 17.4. The van der Waals surface area contributed by atoms with Crippen LogP contribution in [0.3, 0.4) is 0 Å². The topological polar surface area (TPSA) is 125 Å². The van der Waals surface area contributed by atoms with Crippen molar-refractivity contribution in [3.63, 3.8) is 0 Å². The van der Waals surface area contributed by atoms with Crippen LogP contribution < -0.4 is 37.4 Å². The Morgan fingerprint density at radius 2 is 1.86 bits per heavy atom. The fraction of sp³-hybridized carbons (Fsp3) is 0.969. The largest absolute Gasteiger partial charge is 0.393 e. The van der Waals surface area contributed by atoms with Crippen molar-refractivity contribution in [1.82, 2.24) is 42.3 Å². The van der Waals surface area contributed by atoms with Gasteiger partial charge in [-0.1, -0.05) is 33.6 Å². The first-order valence-electron chi connectivity index (χ1n) is 17.4. The van der Waals surface area contributed by atoms with Crippen LogP contribution >= 0.6 is 0 Å². The Hall–Kier alpha value is -0.850. The number of piperidine rings is 1. The maximum Gasteiger partial charge on any atom is 0.223 e. The van der Waals surface area contributed by atoms with E-state index >= 15 is 0 Å². The highest BCUT2D eigenvalue weighted by Gasteiger charge is 2.40. The molecule has 0 aromatic rings. The van der Waals surface area contributed by atoms with Gasteiger partial charge in [-0.25, -0.2) is 10.9 Å². The number of aliphatic hydroxyl groups is 1. The van der Waals surface area contributed by atoms with E-state index in [1.54, 1.807) is 0 Å². The zero-order chi connectivity index (χ0) is 29.5. The van der Waals surface area contributed by atoms with Gasteiger partial charge in [0.25, 0.3) is 0 Å². The van der Waals surface area contributed by atoms with E-state index in [9.17, 15) is 9.90 Å². The van der Waals surface area contributed by atoms with E-state index in [-0.39, 0.29) is 35.7 Å². The van der Waals surface area contributed by atoms with Crippen LogP contribution in [0.4, 0.5) is 0 Å². The quantitative estimate of drug-likeness (QED) is 0.181. The number of hydrazine groups is 1. The summed E-state index contributed by atoms with van der Waals surface area (Å²) >= 11 is 0. The molecular weight excluding hydrogens is 528 g/mol. The predicted molar refractivity (Wildman–Crippen MR) is 168 cm³/mol. The molecule has 5 rings (SSSR count). The summed E-state index contributed by atoms with van der Waals surface area (Å²) in [5, 5.41) is 28.3. The molecule has 9 atom stereocenters. The number of amides is 1. The lowest BCUT2D eigenvalue weighted by Crippen LogP contribution is -2.59. The van der Waals surface area contributed by atoms with Crippen LogP contribution in [0.5, 0.6) is 0 Å². The molecule has 0 radical (unpaired) electrons. The third-order valence-corrected chi connectivity index (χ3v) is 11.5. The minimum Gasteiger partial charge on any atom is -0.393 e. The van der Waals surface area contributed by atoms with E-state index in [1.807, 2.05) is 0 Å². The second-order valence-electron chi connectivity index (χ2n) is 14.8. The molecule has 9 unspecified atom stereocenters. The third-order valence-electron chi connectivity index (χ3n) is 11.5. The highest BCUT2D eigenvalue weighted by Crippen LogP contribution is 2.40. The van der Waals surface area contributed by atoms with Crippen molar-refractivity contribution in [1.29, 1.82) is 0 Å². The molecule has 42 heavy (non-hydrogen) atoms. The van der Waals surface area contributed by atoms with Crippen LogP contribution in [0.25, 0.3) is 0 Å². The first kappa shape index (κ1) is 32.5. The van der Waals surface area contributed by atoms with Gasteiger partial charge in [-0.05, 0) is 101 Å². The van der Waals surface area contributed by atoms with Crippen molar-refractivity contribution in [3.05, 3.63) is 0 Å². The lowest BCUT2D eigenvalue weighted by atomic mass is 9.69. The highest BCUT2D eigenvalue weighted by atomic mass is 16.3. The molecule has 3 heterocycles. The van der Waals surface area contributed by atoms with Gasteiger partial charge in [-0.3, -0.25) is 15.0 Å². The van der Waals surface area contributed by atoms with E-state index in [1.165, 1.54) is 19.3 Å². The minimum absolute atomic E-state index is 0.0104. The summed E-state index contributed by atoms with van der Waals surface area (Å²) in [4.78, 5) is 15.8. The molecule has 3 saturated heterocycles. The van der Waals surface area contributed by atoms with Crippen LogP contribution in [0.1, 0.15) is 91.4 Å². The Bertz CT molecular complexity index is 839. The second kappa shape index (κ2) is 15.4. The SMILES string of the molecule is CCC1CNCCC1CNC(=O)C1CCCC(NCC2NNC(C3CCNCN3)N2CCC2CCC(O)C(C)(C)C2)C1. The average Bonchev–Trinajstić information content (AvgIpc) is 3.42.